The van der Waals surface area contributed by atoms with Gasteiger partial charge in [0, 0.05) is 6.42 Å². The van der Waals surface area contributed by atoms with Crippen LogP contribution >= 0.6 is 0 Å². The first-order chi connectivity index (χ1) is 27.5. The lowest BCUT2D eigenvalue weighted by Crippen LogP contribution is -2.46. The van der Waals surface area contributed by atoms with Crippen LogP contribution in [-0.2, 0) is 14.3 Å². The smallest absolute Gasteiger partial charge is 0.306 e. The van der Waals surface area contributed by atoms with Gasteiger partial charge in [-0.15, -0.1) is 0 Å². The molecule has 0 fully saturated rings. The van der Waals surface area contributed by atoms with E-state index in [0.717, 1.165) is 70.6 Å². The average Bonchev–Trinajstić information content (AvgIpc) is 3.19. The maximum Gasteiger partial charge on any atom is 0.306 e. The Labute approximate surface area is 348 Å². The van der Waals surface area contributed by atoms with Crippen LogP contribution in [0.5, 0.6) is 0 Å². The van der Waals surface area contributed by atoms with Gasteiger partial charge in [0.2, 0.25) is 5.91 Å². The number of carbonyl (C=O) groups excluding carboxylic acids is 2. The number of ether oxygens (including phenoxy) is 1. The predicted octanol–water partition coefficient (Wildman–Crippen LogP) is 14.3. The van der Waals surface area contributed by atoms with E-state index in [1.54, 1.807) is 0 Å². The standard InChI is InChI=1S/C50H95NO5/c1-4-7-10-13-16-19-22-24-26-28-30-33-36-39-42-48(53)47(45-52)51-49(54)44-46(41-38-35-32-29-27-25-23-20-17-14-11-8-5-2)56-50(55)43-40-37-34-31-21-18-15-12-9-6-3/h12,15,20,23,46-48,52-53H,4-11,13-14,16-19,21-22,24-45H2,1-3H3,(H,51,54)/b15-12-,23-20-. The minimum atomic E-state index is -0.787. The normalized spacial score (nSPS) is 13.4. The number of amides is 1. The molecule has 0 bridgehead atoms. The lowest BCUT2D eigenvalue weighted by molar-refractivity contribution is -0.151. The minimum absolute atomic E-state index is 0.0718. The highest BCUT2D eigenvalue weighted by Crippen LogP contribution is 2.18. The molecule has 56 heavy (non-hydrogen) atoms. The van der Waals surface area contributed by atoms with Crippen molar-refractivity contribution in [1.82, 2.24) is 5.32 Å². The van der Waals surface area contributed by atoms with Gasteiger partial charge in [0.15, 0.2) is 0 Å². The molecular formula is C50H95NO5. The Morgan fingerprint density at radius 2 is 0.893 bits per heavy atom. The number of esters is 1. The van der Waals surface area contributed by atoms with Gasteiger partial charge >= 0.3 is 5.97 Å². The van der Waals surface area contributed by atoms with Gasteiger partial charge in [-0.3, -0.25) is 9.59 Å². The van der Waals surface area contributed by atoms with E-state index in [2.05, 4.69) is 50.4 Å². The molecule has 0 aliphatic heterocycles. The van der Waals surface area contributed by atoms with Gasteiger partial charge in [-0.05, 0) is 70.6 Å². The van der Waals surface area contributed by atoms with Crippen LogP contribution < -0.4 is 5.32 Å². The van der Waals surface area contributed by atoms with E-state index in [9.17, 15) is 19.8 Å². The van der Waals surface area contributed by atoms with E-state index in [-0.39, 0.29) is 24.9 Å². The molecule has 0 saturated carbocycles. The summed E-state index contributed by atoms with van der Waals surface area (Å²) in [4.78, 5) is 26.0. The van der Waals surface area contributed by atoms with E-state index in [4.69, 9.17) is 4.74 Å². The fourth-order valence-electron chi connectivity index (χ4n) is 7.49. The van der Waals surface area contributed by atoms with E-state index < -0.39 is 18.2 Å². The number of hydrogen-bond acceptors (Lipinski definition) is 5. The van der Waals surface area contributed by atoms with Crippen molar-refractivity contribution < 1.29 is 24.5 Å². The summed E-state index contributed by atoms with van der Waals surface area (Å²) in [7, 11) is 0. The molecule has 3 atom stereocenters. The second-order valence-corrected chi connectivity index (χ2v) is 16.9. The minimum Gasteiger partial charge on any atom is -0.462 e. The fourth-order valence-corrected chi connectivity index (χ4v) is 7.49. The molecule has 330 valence electrons. The molecule has 0 aliphatic rings. The van der Waals surface area contributed by atoms with E-state index >= 15 is 0 Å². The van der Waals surface area contributed by atoms with Crippen LogP contribution in [0.25, 0.3) is 0 Å². The first-order valence-corrected chi connectivity index (χ1v) is 24.6. The van der Waals surface area contributed by atoms with Crippen LogP contribution in [0.2, 0.25) is 0 Å². The fraction of sp³-hybridized carbons (Fsp3) is 0.880. The Kier molecular flexibility index (Phi) is 43.1. The Morgan fingerprint density at radius 3 is 1.36 bits per heavy atom. The number of unbranched alkanes of at least 4 members (excludes halogenated alkanes) is 28. The lowest BCUT2D eigenvalue weighted by atomic mass is 10.0. The molecule has 3 unspecified atom stereocenters. The highest BCUT2D eigenvalue weighted by Gasteiger charge is 2.24. The quantitative estimate of drug-likeness (QED) is 0.0324. The molecule has 1 amide bonds. The third-order valence-electron chi connectivity index (χ3n) is 11.2. The van der Waals surface area contributed by atoms with Crippen molar-refractivity contribution >= 4 is 11.9 Å². The Balaban J connectivity index is 4.54. The van der Waals surface area contributed by atoms with Gasteiger partial charge < -0.3 is 20.3 Å². The maximum atomic E-state index is 13.2. The zero-order valence-corrected chi connectivity index (χ0v) is 37.5. The summed E-state index contributed by atoms with van der Waals surface area (Å²) in [6.07, 6.45) is 49.5. The lowest BCUT2D eigenvalue weighted by Gasteiger charge is -2.24. The van der Waals surface area contributed by atoms with E-state index in [1.165, 1.54) is 141 Å². The summed E-state index contributed by atoms with van der Waals surface area (Å²) in [6.45, 7) is 6.41. The number of hydrogen-bond donors (Lipinski definition) is 3. The molecule has 6 nitrogen and oxygen atoms in total. The predicted molar refractivity (Wildman–Crippen MR) is 241 cm³/mol. The molecule has 0 spiro atoms. The Morgan fingerprint density at radius 1 is 0.500 bits per heavy atom. The molecule has 0 heterocycles. The summed E-state index contributed by atoms with van der Waals surface area (Å²) < 4.78 is 5.90. The molecule has 0 rings (SSSR count). The number of nitrogens with one attached hydrogen (secondary N) is 1. The third-order valence-corrected chi connectivity index (χ3v) is 11.2. The second-order valence-electron chi connectivity index (χ2n) is 16.9. The number of aliphatic hydroxyl groups is 2. The zero-order chi connectivity index (χ0) is 41.0. The van der Waals surface area contributed by atoms with Gasteiger partial charge in [0.1, 0.15) is 6.10 Å². The first kappa shape index (κ1) is 54.3. The van der Waals surface area contributed by atoms with Crippen LogP contribution in [0.3, 0.4) is 0 Å². The summed E-state index contributed by atoms with van der Waals surface area (Å²) in [5.74, 6) is -0.486. The van der Waals surface area contributed by atoms with Crippen LogP contribution in [-0.4, -0.2) is 46.9 Å². The van der Waals surface area contributed by atoms with Crippen LogP contribution in [0, 0.1) is 0 Å². The van der Waals surface area contributed by atoms with Gasteiger partial charge in [-0.2, -0.15) is 0 Å². The van der Waals surface area contributed by atoms with Crippen molar-refractivity contribution in [1.29, 1.82) is 0 Å². The highest BCUT2D eigenvalue weighted by atomic mass is 16.5. The first-order valence-electron chi connectivity index (χ1n) is 24.6. The summed E-state index contributed by atoms with van der Waals surface area (Å²) in [5, 5.41) is 23.7. The van der Waals surface area contributed by atoms with Gasteiger partial charge in [-0.1, -0.05) is 199 Å². The number of aliphatic hydroxyl groups excluding tert-OH is 2. The third kappa shape index (κ3) is 39.2. The highest BCUT2D eigenvalue weighted by molar-refractivity contribution is 5.77. The number of allylic oxidation sites excluding steroid dienone is 4. The van der Waals surface area contributed by atoms with Crippen molar-refractivity contribution in [3.05, 3.63) is 24.3 Å². The maximum absolute atomic E-state index is 13.2. The van der Waals surface area contributed by atoms with Gasteiger partial charge in [0.05, 0.1) is 25.2 Å². The molecule has 0 aromatic heterocycles. The molecule has 3 N–H and O–H groups in total. The summed E-state index contributed by atoms with van der Waals surface area (Å²) >= 11 is 0. The van der Waals surface area contributed by atoms with Crippen LogP contribution in [0.1, 0.15) is 258 Å². The SMILES string of the molecule is CCC/C=C\CCCCCCCC(=O)OC(CCCCCCC/C=C\CCCCCC)CC(=O)NC(CO)C(O)CCCCCCCCCCCCCCCC. The van der Waals surface area contributed by atoms with Crippen LogP contribution in [0.4, 0.5) is 0 Å². The number of rotatable bonds is 44. The summed E-state index contributed by atoms with van der Waals surface area (Å²) in [5.41, 5.74) is 0. The Hall–Kier alpha value is -1.66. The van der Waals surface area contributed by atoms with E-state index in [1.807, 2.05) is 0 Å². The van der Waals surface area contributed by atoms with Crippen molar-refractivity contribution in [3.63, 3.8) is 0 Å². The largest absolute Gasteiger partial charge is 0.462 e. The molecule has 0 saturated heterocycles. The van der Waals surface area contributed by atoms with Gasteiger partial charge in [0.25, 0.3) is 0 Å². The van der Waals surface area contributed by atoms with Crippen LogP contribution in [0.15, 0.2) is 24.3 Å². The molecule has 0 aliphatic carbocycles. The Bertz CT molecular complexity index is 889. The van der Waals surface area contributed by atoms with Crippen molar-refractivity contribution in [2.24, 2.45) is 0 Å². The average molecular weight is 790 g/mol. The molecular weight excluding hydrogens is 695 g/mol. The molecule has 0 aromatic carbocycles. The number of carbonyl (C=O) groups is 2. The van der Waals surface area contributed by atoms with E-state index in [0.29, 0.717) is 19.3 Å². The zero-order valence-electron chi connectivity index (χ0n) is 37.5. The van der Waals surface area contributed by atoms with Crippen molar-refractivity contribution in [2.45, 2.75) is 277 Å². The molecule has 0 radical (unpaired) electrons. The van der Waals surface area contributed by atoms with Crippen molar-refractivity contribution in [3.8, 4) is 0 Å². The topological polar surface area (TPSA) is 95.9 Å². The molecule has 0 aromatic rings. The summed E-state index contributed by atoms with van der Waals surface area (Å²) in [6, 6.07) is -0.701. The second kappa shape index (κ2) is 44.4. The van der Waals surface area contributed by atoms with Gasteiger partial charge in [-0.25, -0.2) is 0 Å². The molecule has 6 heteroatoms. The van der Waals surface area contributed by atoms with Crippen molar-refractivity contribution in [2.75, 3.05) is 6.61 Å². The monoisotopic (exact) mass is 790 g/mol.